The fourth-order valence-corrected chi connectivity index (χ4v) is 1.76. The van der Waals surface area contributed by atoms with E-state index in [1.165, 1.54) is 6.07 Å². The molecule has 1 aromatic carbocycles. The molecule has 1 aromatic heterocycles. The molecule has 6 nitrogen and oxygen atoms in total. The first-order chi connectivity index (χ1) is 8.66. The van der Waals surface area contributed by atoms with Crippen molar-refractivity contribution in [2.75, 3.05) is 5.32 Å². The van der Waals surface area contributed by atoms with E-state index in [1.54, 1.807) is 29.1 Å². The van der Waals surface area contributed by atoms with Crippen LogP contribution in [0, 0.1) is 10.1 Å². The van der Waals surface area contributed by atoms with Crippen LogP contribution in [0.5, 0.6) is 0 Å². The molecule has 1 atom stereocenters. The number of hydrogen-bond donors (Lipinski definition) is 1. The fourth-order valence-electron chi connectivity index (χ4n) is 1.76. The van der Waals surface area contributed by atoms with E-state index in [9.17, 15) is 10.1 Å². The molecule has 18 heavy (non-hydrogen) atoms. The van der Waals surface area contributed by atoms with Gasteiger partial charge in [0.25, 0.3) is 5.69 Å². The van der Waals surface area contributed by atoms with E-state index >= 15 is 0 Å². The van der Waals surface area contributed by atoms with Gasteiger partial charge in [-0.25, -0.2) is 0 Å². The number of benzene rings is 1. The third kappa shape index (κ3) is 2.85. The van der Waals surface area contributed by atoms with Gasteiger partial charge in [0, 0.05) is 24.5 Å². The predicted molar refractivity (Wildman–Crippen MR) is 68.4 cm³/mol. The van der Waals surface area contributed by atoms with Gasteiger partial charge < -0.3 is 5.32 Å². The highest BCUT2D eigenvalue weighted by Gasteiger charge is 2.14. The third-order valence-corrected chi connectivity index (χ3v) is 2.52. The molecule has 0 fully saturated rings. The number of nitro groups is 1. The number of anilines is 1. The van der Waals surface area contributed by atoms with Gasteiger partial charge in [-0.1, -0.05) is 12.1 Å². The minimum Gasteiger partial charge on any atom is -0.375 e. The second-order valence-electron chi connectivity index (χ2n) is 4.05. The lowest BCUT2D eigenvalue weighted by Gasteiger charge is -2.15. The molecule has 0 saturated heterocycles. The molecule has 1 unspecified atom stereocenters. The maximum atomic E-state index is 10.9. The average Bonchev–Trinajstić information content (AvgIpc) is 2.82. The van der Waals surface area contributed by atoms with Gasteiger partial charge in [-0.15, -0.1) is 0 Å². The largest absolute Gasteiger partial charge is 0.375 e. The number of nitro benzene ring substituents is 1. The average molecular weight is 246 g/mol. The van der Waals surface area contributed by atoms with Crippen molar-refractivity contribution >= 4 is 11.4 Å². The number of nitrogens with one attached hydrogen (secondary N) is 1. The molecular weight excluding hydrogens is 232 g/mol. The standard InChI is InChI=1S/C12H14N4O2/c1-10(9-15-8-4-7-13-15)14-11-5-2-3-6-12(11)16(17)18/h2-8,10,14H,9H2,1H3. The monoisotopic (exact) mass is 246 g/mol. The lowest BCUT2D eigenvalue weighted by molar-refractivity contribution is -0.384. The Morgan fingerprint density at radius 2 is 2.22 bits per heavy atom. The van der Waals surface area contributed by atoms with E-state index < -0.39 is 0 Å². The van der Waals surface area contributed by atoms with Crippen LogP contribution in [0.3, 0.4) is 0 Å². The molecule has 6 heteroatoms. The van der Waals surface area contributed by atoms with Crippen LogP contribution in [-0.4, -0.2) is 20.7 Å². The first-order valence-corrected chi connectivity index (χ1v) is 5.64. The molecule has 0 amide bonds. The highest BCUT2D eigenvalue weighted by atomic mass is 16.6. The van der Waals surface area contributed by atoms with Crippen LogP contribution >= 0.6 is 0 Å². The van der Waals surface area contributed by atoms with Gasteiger partial charge in [0.2, 0.25) is 0 Å². The van der Waals surface area contributed by atoms with Crippen LogP contribution in [0.4, 0.5) is 11.4 Å². The van der Waals surface area contributed by atoms with Crippen LogP contribution in [0.25, 0.3) is 0 Å². The van der Waals surface area contributed by atoms with Gasteiger partial charge in [0.15, 0.2) is 0 Å². The molecule has 0 spiro atoms. The highest BCUT2D eigenvalue weighted by Crippen LogP contribution is 2.23. The smallest absolute Gasteiger partial charge is 0.292 e. The highest BCUT2D eigenvalue weighted by molar-refractivity contribution is 5.61. The normalized spacial score (nSPS) is 12.1. The summed E-state index contributed by atoms with van der Waals surface area (Å²) in [5.41, 5.74) is 0.618. The molecule has 2 rings (SSSR count). The third-order valence-electron chi connectivity index (χ3n) is 2.52. The molecule has 0 aliphatic heterocycles. The summed E-state index contributed by atoms with van der Waals surface area (Å²) in [6.07, 6.45) is 3.56. The van der Waals surface area contributed by atoms with Gasteiger partial charge >= 0.3 is 0 Å². The zero-order chi connectivity index (χ0) is 13.0. The van der Waals surface area contributed by atoms with E-state index in [0.717, 1.165) is 0 Å². The molecule has 2 aromatic rings. The Kier molecular flexibility index (Phi) is 3.57. The van der Waals surface area contributed by atoms with E-state index in [2.05, 4.69) is 10.4 Å². The fraction of sp³-hybridized carbons (Fsp3) is 0.250. The second kappa shape index (κ2) is 5.31. The van der Waals surface area contributed by atoms with Crippen LogP contribution in [0.2, 0.25) is 0 Å². The van der Waals surface area contributed by atoms with Crippen molar-refractivity contribution in [1.29, 1.82) is 0 Å². The van der Waals surface area contributed by atoms with Gasteiger partial charge in [0.1, 0.15) is 5.69 Å². The van der Waals surface area contributed by atoms with Gasteiger partial charge in [-0.05, 0) is 19.1 Å². The molecule has 0 bridgehead atoms. The van der Waals surface area contributed by atoms with Crippen molar-refractivity contribution in [2.45, 2.75) is 19.5 Å². The molecule has 0 saturated carbocycles. The van der Waals surface area contributed by atoms with Crippen molar-refractivity contribution in [3.05, 3.63) is 52.8 Å². The lowest BCUT2D eigenvalue weighted by atomic mass is 10.2. The second-order valence-corrected chi connectivity index (χ2v) is 4.05. The summed E-state index contributed by atoms with van der Waals surface area (Å²) < 4.78 is 1.78. The summed E-state index contributed by atoms with van der Waals surface area (Å²) in [5.74, 6) is 0. The van der Waals surface area contributed by atoms with Crippen LogP contribution in [-0.2, 0) is 6.54 Å². The van der Waals surface area contributed by atoms with Gasteiger partial charge in [-0.2, -0.15) is 5.10 Å². The molecule has 0 aliphatic carbocycles. The number of para-hydroxylation sites is 2. The summed E-state index contributed by atoms with van der Waals surface area (Å²) in [5, 5.41) is 18.1. The number of hydrogen-bond acceptors (Lipinski definition) is 4. The van der Waals surface area contributed by atoms with Crippen LogP contribution < -0.4 is 5.32 Å². The lowest BCUT2D eigenvalue weighted by Crippen LogP contribution is -2.22. The molecule has 0 aliphatic rings. The minimum absolute atomic E-state index is 0.0472. The maximum Gasteiger partial charge on any atom is 0.292 e. The van der Waals surface area contributed by atoms with Crippen LogP contribution in [0.1, 0.15) is 6.92 Å². The molecule has 0 radical (unpaired) electrons. The number of aromatic nitrogens is 2. The Labute approximate surface area is 104 Å². The Bertz CT molecular complexity index is 525. The molecule has 94 valence electrons. The summed E-state index contributed by atoms with van der Waals surface area (Å²) >= 11 is 0. The zero-order valence-corrected chi connectivity index (χ0v) is 9.98. The quantitative estimate of drug-likeness (QED) is 0.649. The maximum absolute atomic E-state index is 10.9. The van der Waals surface area contributed by atoms with Crippen molar-refractivity contribution in [2.24, 2.45) is 0 Å². The van der Waals surface area contributed by atoms with E-state index in [-0.39, 0.29) is 16.7 Å². The van der Waals surface area contributed by atoms with Gasteiger partial charge in [-0.3, -0.25) is 14.8 Å². The predicted octanol–water partition coefficient (Wildman–Crippen LogP) is 2.29. The van der Waals surface area contributed by atoms with Crippen molar-refractivity contribution in [1.82, 2.24) is 9.78 Å². The number of rotatable bonds is 5. The van der Waals surface area contributed by atoms with E-state index in [1.807, 2.05) is 19.2 Å². The van der Waals surface area contributed by atoms with Crippen LogP contribution in [0.15, 0.2) is 42.7 Å². The Balaban J connectivity index is 2.07. The van der Waals surface area contributed by atoms with Crippen molar-refractivity contribution < 1.29 is 4.92 Å². The van der Waals surface area contributed by atoms with E-state index in [0.29, 0.717) is 12.2 Å². The first-order valence-electron chi connectivity index (χ1n) is 5.64. The first kappa shape index (κ1) is 12.1. The summed E-state index contributed by atoms with van der Waals surface area (Å²) in [6, 6.07) is 8.52. The topological polar surface area (TPSA) is 73.0 Å². The molecular formula is C12H14N4O2. The SMILES string of the molecule is CC(Cn1cccn1)Nc1ccccc1[N+](=O)[O-]. The van der Waals surface area contributed by atoms with Crippen molar-refractivity contribution in [3.63, 3.8) is 0 Å². The Morgan fingerprint density at radius 1 is 1.44 bits per heavy atom. The summed E-state index contributed by atoms with van der Waals surface area (Å²) in [6.45, 7) is 2.61. The van der Waals surface area contributed by atoms with E-state index in [4.69, 9.17) is 0 Å². The Morgan fingerprint density at radius 3 is 2.89 bits per heavy atom. The minimum atomic E-state index is -0.386. The number of nitrogens with zero attached hydrogens (tertiary/aromatic N) is 3. The molecule has 1 N–H and O–H groups in total. The summed E-state index contributed by atoms with van der Waals surface area (Å²) in [7, 11) is 0. The molecule has 1 heterocycles. The van der Waals surface area contributed by atoms with Gasteiger partial charge in [0.05, 0.1) is 11.5 Å². The zero-order valence-electron chi connectivity index (χ0n) is 9.98. The summed E-state index contributed by atoms with van der Waals surface area (Å²) in [4.78, 5) is 10.5. The Hall–Kier alpha value is -2.37. The van der Waals surface area contributed by atoms with Crippen molar-refractivity contribution in [3.8, 4) is 0 Å².